The van der Waals surface area contributed by atoms with Crippen molar-refractivity contribution in [3.8, 4) is 5.75 Å². The van der Waals surface area contributed by atoms with Gasteiger partial charge in [-0.3, -0.25) is 4.79 Å². The molecule has 8 nitrogen and oxygen atoms in total. The van der Waals surface area contributed by atoms with Crippen LogP contribution in [0.3, 0.4) is 0 Å². The van der Waals surface area contributed by atoms with Crippen molar-refractivity contribution in [1.29, 1.82) is 0 Å². The molecule has 0 spiro atoms. The molecule has 2 aromatic carbocycles. The summed E-state index contributed by atoms with van der Waals surface area (Å²) in [5.41, 5.74) is 1.84. The van der Waals surface area contributed by atoms with Crippen molar-refractivity contribution >= 4 is 27.1 Å². The predicted octanol–water partition coefficient (Wildman–Crippen LogP) is 6.75. The van der Waals surface area contributed by atoms with Gasteiger partial charge in [0.25, 0.3) is 10.0 Å². The number of aliphatic hydroxyl groups excluding tert-OH is 1. The number of sulfonamides is 1. The van der Waals surface area contributed by atoms with E-state index in [1.54, 1.807) is 56.0 Å². The van der Waals surface area contributed by atoms with E-state index in [0.717, 1.165) is 17.5 Å². The maximum atomic E-state index is 14.3. The van der Waals surface area contributed by atoms with Gasteiger partial charge in [0.2, 0.25) is 0 Å². The third-order valence-corrected chi connectivity index (χ3v) is 13.8. The number of rotatable bonds is 11. The summed E-state index contributed by atoms with van der Waals surface area (Å²) in [6.07, 6.45) is 6.16. The molecular formula is C38H49NO7S2. The van der Waals surface area contributed by atoms with Crippen LogP contribution in [0.5, 0.6) is 5.75 Å². The van der Waals surface area contributed by atoms with Crippen LogP contribution in [0, 0.1) is 5.41 Å². The molecule has 1 fully saturated rings. The number of ketones is 1. The molecular weight excluding hydrogens is 647 g/mol. The van der Waals surface area contributed by atoms with Gasteiger partial charge in [-0.2, -0.15) is 4.31 Å². The van der Waals surface area contributed by atoms with Crippen LogP contribution in [0.25, 0.3) is 0 Å². The molecule has 1 heterocycles. The van der Waals surface area contributed by atoms with Crippen molar-refractivity contribution < 1.29 is 32.9 Å². The fraction of sp³-hybridized carbons (Fsp3) is 0.500. The number of hydrogen-bond acceptors (Lipinski definition) is 8. The largest absolute Gasteiger partial charge is 0.497 e. The fourth-order valence-electron chi connectivity index (χ4n) is 7.59. The highest BCUT2D eigenvalue weighted by Gasteiger charge is 2.58. The van der Waals surface area contributed by atoms with E-state index in [4.69, 9.17) is 9.47 Å². The van der Waals surface area contributed by atoms with Gasteiger partial charge in [0.1, 0.15) is 9.96 Å². The summed E-state index contributed by atoms with van der Waals surface area (Å²) in [6, 6.07) is 16.3. The number of carbonyl (C=O) groups is 1. The summed E-state index contributed by atoms with van der Waals surface area (Å²) in [6.45, 7) is 4.71. The Balaban J connectivity index is 1.61. The summed E-state index contributed by atoms with van der Waals surface area (Å²) in [4.78, 5) is 14.3. The lowest BCUT2D eigenvalue weighted by molar-refractivity contribution is -0.0727. The number of thiophene rings is 1. The van der Waals surface area contributed by atoms with Crippen LogP contribution in [0.4, 0.5) is 0 Å². The molecule has 1 aromatic heterocycles. The first-order chi connectivity index (χ1) is 22.9. The lowest BCUT2D eigenvalue weighted by atomic mass is 9.64. The number of ether oxygens (including phenoxy) is 2. The van der Waals surface area contributed by atoms with E-state index in [2.05, 4.69) is 19.9 Å². The van der Waals surface area contributed by atoms with Gasteiger partial charge in [0.05, 0.1) is 18.8 Å². The lowest BCUT2D eigenvalue weighted by Gasteiger charge is -2.46. The fourth-order valence-corrected chi connectivity index (χ4v) is 10.3. The number of methoxy groups -OCH3 is 2. The molecule has 2 bridgehead atoms. The summed E-state index contributed by atoms with van der Waals surface area (Å²) < 4.78 is 40.2. The maximum absolute atomic E-state index is 14.3. The minimum atomic E-state index is -3.87. The predicted molar refractivity (Wildman–Crippen MR) is 189 cm³/mol. The molecule has 4 atom stereocenters. The minimum absolute atomic E-state index is 0.0569. The standard InChI is InChI=1S/C38H49NO7S2/c1-27-8-5-19-37(2)34(18-20-38(37,42)26-39(21-7-22-45-3)48(43,44)35-9-6-23-47-35)32-17-11-28(24-30(40)14-10-27)25-33(32)36(41)29-12-15-31(46-4)16-13-29/h6,8-9,11-13,15-17,23,25,30,34,40,42H,5,7,10,14,18-22,24,26H2,1-4H3. The maximum Gasteiger partial charge on any atom is 0.252 e. The molecule has 6 rings (SSSR count). The van der Waals surface area contributed by atoms with Gasteiger partial charge < -0.3 is 19.7 Å². The van der Waals surface area contributed by atoms with Crippen molar-refractivity contribution in [3.63, 3.8) is 0 Å². The van der Waals surface area contributed by atoms with E-state index < -0.39 is 27.1 Å². The molecule has 1 saturated carbocycles. The Bertz CT molecular complexity index is 1690. The van der Waals surface area contributed by atoms with Crippen molar-refractivity contribution in [3.05, 3.63) is 93.9 Å². The van der Waals surface area contributed by atoms with Gasteiger partial charge in [0.15, 0.2) is 5.78 Å². The van der Waals surface area contributed by atoms with Gasteiger partial charge in [-0.05, 0) is 117 Å². The average Bonchev–Trinajstić information content (AvgIpc) is 3.71. The van der Waals surface area contributed by atoms with E-state index >= 15 is 0 Å². The Hall–Kier alpha value is -2.86. The smallest absolute Gasteiger partial charge is 0.252 e. The quantitative estimate of drug-likeness (QED) is 0.130. The van der Waals surface area contributed by atoms with Crippen LogP contribution >= 0.6 is 11.3 Å². The normalized spacial score (nSPS) is 25.0. The van der Waals surface area contributed by atoms with Crippen LogP contribution in [0.15, 0.2) is 75.8 Å². The van der Waals surface area contributed by atoms with Gasteiger partial charge in [0, 0.05) is 43.3 Å². The number of aliphatic hydroxyl groups is 2. The molecule has 260 valence electrons. The highest BCUT2D eigenvalue weighted by molar-refractivity contribution is 7.91. The first-order valence-electron chi connectivity index (χ1n) is 16.8. The number of hydrogen-bond donors (Lipinski definition) is 2. The van der Waals surface area contributed by atoms with E-state index in [9.17, 15) is 23.4 Å². The third kappa shape index (κ3) is 7.64. The molecule has 0 saturated heterocycles. The third-order valence-electron chi connectivity index (χ3n) is 10.6. The highest BCUT2D eigenvalue weighted by Crippen LogP contribution is 2.59. The van der Waals surface area contributed by atoms with Gasteiger partial charge >= 0.3 is 0 Å². The molecule has 3 aliphatic carbocycles. The van der Waals surface area contributed by atoms with Crippen molar-refractivity contribution in [2.24, 2.45) is 5.41 Å². The van der Waals surface area contributed by atoms with Crippen molar-refractivity contribution in [2.75, 3.05) is 33.9 Å². The molecule has 0 radical (unpaired) electrons. The molecule has 0 amide bonds. The van der Waals surface area contributed by atoms with Crippen LogP contribution in [0.1, 0.15) is 91.8 Å². The Morgan fingerprint density at radius 2 is 1.85 bits per heavy atom. The zero-order chi connectivity index (χ0) is 34.5. The number of carbonyl (C=O) groups excluding carboxylic acids is 1. The Labute approximate surface area is 289 Å². The van der Waals surface area contributed by atoms with Crippen LogP contribution in [-0.4, -0.2) is 74.3 Å². The van der Waals surface area contributed by atoms with Crippen molar-refractivity contribution in [2.45, 2.75) is 87.0 Å². The topological polar surface area (TPSA) is 113 Å². The average molecular weight is 696 g/mol. The molecule has 48 heavy (non-hydrogen) atoms. The van der Waals surface area contributed by atoms with Gasteiger partial charge in [-0.1, -0.05) is 36.8 Å². The number of nitrogens with zero attached hydrogens (tertiary/aromatic N) is 1. The first-order valence-corrected chi connectivity index (χ1v) is 19.1. The van der Waals surface area contributed by atoms with E-state index in [-0.39, 0.29) is 29.0 Å². The number of fused-ring (bicyclic) bond motifs is 8. The Morgan fingerprint density at radius 3 is 2.54 bits per heavy atom. The summed E-state index contributed by atoms with van der Waals surface area (Å²) >= 11 is 1.17. The monoisotopic (exact) mass is 695 g/mol. The van der Waals surface area contributed by atoms with Crippen LogP contribution in [-0.2, 0) is 21.2 Å². The van der Waals surface area contributed by atoms with E-state index in [1.165, 1.54) is 21.2 Å². The SMILES string of the molecule is COCCCN(CC1(O)CCC2c3ccc(cc3C(=O)c3ccc(OC)cc3)CC(O)CCC(C)=CCCC21C)S(=O)(=O)c1cccs1. The minimum Gasteiger partial charge on any atom is -0.497 e. The van der Waals surface area contributed by atoms with Gasteiger partial charge in [-0.15, -0.1) is 11.3 Å². The van der Waals surface area contributed by atoms with E-state index in [1.807, 2.05) is 18.2 Å². The van der Waals surface area contributed by atoms with Gasteiger partial charge in [-0.25, -0.2) is 8.42 Å². The molecule has 2 N–H and O–H groups in total. The summed E-state index contributed by atoms with van der Waals surface area (Å²) in [5.74, 6) is 0.300. The number of benzene rings is 2. The number of allylic oxidation sites excluding steroid dienone is 2. The van der Waals surface area contributed by atoms with Crippen molar-refractivity contribution in [1.82, 2.24) is 4.31 Å². The molecule has 10 heteroatoms. The Kier molecular flexibility index (Phi) is 11.7. The molecule has 0 aliphatic heterocycles. The Morgan fingerprint density at radius 1 is 1.08 bits per heavy atom. The second kappa shape index (κ2) is 15.4. The lowest BCUT2D eigenvalue weighted by Crippen LogP contribution is -2.54. The second-order valence-electron chi connectivity index (χ2n) is 13.6. The molecule has 3 aromatic rings. The van der Waals surface area contributed by atoms with Crippen LogP contribution in [0.2, 0.25) is 0 Å². The molecule has 4 unspecified atom stereocenters. The zero-order valence-corrected chi connectivity index (χ0v) is 30.1. The second-order valence-corrected chi connectivity index (χ2v) is 16.7. The first kappa shape index (κ1) is 36.4. The zero-order valence-electron chi connectivity index (χ0n) is 28.5. The van der Waals surface area contributed by atoms with E-state index in [0.29, 0.717) is 68.4 Å². The summed E-state index contributed by atoms with van der Waals surface area (Å²) in [7, 11) is -0.690. The molecule has 3 aliphatic rings. The highest BCUT2D eigenvalue weighted by atomic mass is 32.2. The van der Waals surface area contributed by atoms with Crippen LogP contribution < -0.4 is 4.74 Å². The summed E-state index contributed by atoms with van der Waals surface area (Å²) in [5, 5.41) is 25.5.